The number of anilines is 1. The number of amides is 1. The number of carbonyl (C=O) groups is 1. The number of nitrogens with zero attached hydrogens (tertiary/aromatic N) is 2. The van der Waals surface area contributed by atoms with E-state index in [0.717, 1.165) is 9.87 Å². The van der Waals surface area contributed by atoms with Crippen LogP contribution in [0.15, 0.2) is 78.0 Å². The molecule has 1 N–H and O–H groups in total. The number of aryl methyl sites for hydroxylation is 1. The van der Waals surface area contributed by atoms with Crippen LogP contribution in [0.4, 0.5) is 10.1 Å². The lowest BCUT2D eigenvalue weighted by atomic mass is 10.2. The highest BCUT2D eigenvalue weighted by Gasteiger charge is 2.29. The first-order valence-corrected chi connectivity index (χ1v) is 10.3. The minimum Gasteiger partial charge on any atom is -0.350 e. The molecule has 3 aromatic rings. The number of hydrogen-bond acceptors (Lipinski definition) is 4. The number of carbonyl (C=O) groups excluding carboxylic acids is 1. The molecule has 1 aromatic heterocycles. The number of sulfonamides is 1. The van der Waals surface area contributed by atoms with Crippen LogP contribution in [0.25, 0.3) is 0 Å². The van der Waals surface area contributed by atoms with Crippen molar-refractivity contribution in [2.24, 2.45) is 0 Å². The van der Waals surface area contributed by atoms with Crippen LogP contribution in [0.3, 0.4) is 0 Å². The molecule has 150 valence electrons. The van der Waals surface area contributed by atoms with E-state index in [9.17, 15) is 17.6 Å². The lowest BCUT2D eigenvalue weighted by Gasteiger charge is -2.25. The highest BCUT2D eigenvalue weighted by Crippen LogP contribution is 2.27. The molecule has 0 aliphatic heterocycles. The molecule has 3 rings (SSSR count). The van der Waals surface area contributed by atoms with Gasteiger partial charge in [-0.2, -0.15) is 0 Å². The molecule has 0 unspecified atom stereocenters. The van der Waals surface area contributed by atoms with Gasteiger partial charge in [0, 0.05) is 18.9 Å². The lowest BCUT2D eigenvalue weighted by molar-refractivity contribution is -0.119. The fourth-order valence-electron chi connectivity index (χ4n) is 2.72. The van der Waals surface area contributed by atoms with Crippen LogP contribution in [0.5, 0.6) is 0 Å². The Morgan fingerprint density at radius 3 is 2.45 bits per heavy atom. The molecule has 0 spiro atoms. The van der Waals surface area contributed by atoms with Gasteiger partial charge in [-0.1, -0.05) is 24.3 Å². The monoisotopic (exact) mass is 413 g/mol. The van der Waals surface area contributed by atoms with Gasteiger partial charge in [0.1, 0.15) is 12.4 Å². The summed E-state index contributed by atoms with van der Waals surface area (Å²) in [5.41, 5.74) is 1.31. The van der Waals surface area contributed by atoms with Crippen molar-refractivity contribution in [3.8, 4) is 0 Å². The van der Waals surface area contributed by atoms with E-state index in [1.165, 1.54) is 30.3 Å². The predicted molar refractivity (Wildman–Crippen MR) is 108 cm³/mol. The smallest absolute Gasteiger partial charge is 0.264 e. The summed E-state index contributed by atoms with van der Waals surface area (Å²) in [7, 11) is -4.15. The van der Waals surface area contributed by atoms with Crippen LogP contribution in [0, 0.1) is 12.7 Å². The van der Waals surface area contributed by atoms with E-state index in [0.29, 0.717) is 5.56 Å². The molecule has 0 fully saturated rings. The highest BCUT2D eigenvalue weighted by atomic mass is 32.2. The van der Waals surface area contributed by atoms with Crippen molar-refractivity contribution in [2.45, 2.75) is 18.4 Å². The number of benzene rings is 2. The maximum atomic E-state index is 14.5. The van der Waals surface area contributed by atoms with Crippen molar-refractivity contribution in [3.63, 3.8) is 0 Å². The van der Waals surface area contributed by atoms with Crippen LogP contribution < -0.4 is 9.62 Å². The quantitative estimate of drug-likeness (QED) is 0.646. The molecule has 0 bridgehead atoms. The van der Waals surface area contributed by atoms with Crippen LogP contribution in [0.2, 0.25) is 0 Å². The second-order valence-electron chi connectivity index (χ2n) is 6.41. The van der Waals surface area contributed by atoms with Gasteiger partial charge in [0.2, 0.25) is 5.91 Å². The van der Waals surface area contributed by atoms with Crippen LogP contribution >= 0.6 is 0 Å². The second-order valence-corrected chi connectivity index (χ2v) is 8.27. The van der Waals surface area contributed by atoms with Crippen molar-refractivity contribution >= 4 is 21.6 Å². The molecule has 0 saturated carbocycles. The standard InChI is InChI=1S/C21H20FN3O3S/c1-16-7-8-19(22)20(13-16)25(29(27,28)18-5-3-2-4-6-18)15-21(26)24-14-17-9-11-23-12-10-17/h2-13H,14-15H2,1H3,(H,24,26). The topological polar surface area (TPSA) is 79.4 Å². The van der Waals surface area contributed by atoms with Crippen molar-refractivity contribution in [2.75, 3.05) is 10.8 Å². The van der Waals surface area contributed by atoms with Gasteiger partial charge >= 0.3 is 0 Å². The Kier molecular flexibility index (Phi) is 6.23. The summed E-state index contributed by atoms with van der Waals surface area (Å²) < 4.78 is 41.7. The first kappa shape index (κ1) is 20.5. The average molecular weight is 413 g/mol. The third-order valence-electron chi connectivity index (χ3n) is 4.23. The number of nitrogens with one attached hydrogen (secondary N) is 1. The molecule has 0 aliphatic rings. The zero-order valence-corrected chi connectivity index (χ0v) is 16.6. The molecule has 29 heavy (non-hydrogen) atoms. The van der Waals surface area contributed by atoms with Crippen molar-refractivity contribution in [1.82, 2.24) is 10.3 Å². The van der Waals surface area contributed by atoms with E-state index in [4.69, 9.17) is 0 Å². The fraction of sp³-hybridized carbons (Fsp3) is 0.143. The van der Waals surface area contributed by atoms with Crippen molar-refractivity contribution in [3.05, 3.63) is 90.0 Å². The van der Waals surface area contributed by atoms with E-state index in [-0.39, 0.29) is 17.1 Å². The Bertz CT molecular complexity index is 1090. The largest absolute Gasteiger partial charge is 0.350 e. The summed E-state index contributed by atoms with van der Waals surface area (Å²) in [5.74, 6) is -1.28. The van der Waals surface area contributed by atoms with Crippen LogP contribution in [-0.4, -0.2) is 25.9 Å². The summed E-state index contributed by atoms with van der Waals surface area (Å²) in [4.78, 5) is 16.4. The Morgan fingerprint density at radius 1 is 1.07 bits per heavy atom. The third-order valence-corrected chi connectivity index (χ3v) is 6.00. The number of halogens is 1. The van der Waals surface area contributed by atoms with Gasteiger partial charge < -0.3 is 5.32 Å². The summed E-state index contributed by atoms with van der Waals surface area (Å²) >= 11 is 0. The summed E-state index contributed by atoms with van der Waals surface area (Å²) in [5, 5.41) is 2.66. The molecule has 0 atom stereocenters. The van der Waals surface area contributed by atoms with Crippen molar-refractivity contribution in [1.29, 1.82) is 0 Å². The zero-order valence-electron chi connectivity index (χ0n) is 15.7. The predicted octanol–water partition coefficient (Wildman–Crippen LogP) is 3.04. The first-order chi connectivity index (χ1) is 13.9. The van der Waals surface area contributed by atoms with Gasteiger partial charge in [-0.25, -0.2) is 12.8 Å². The summed E-state index contributed by atoms with van der Waals surface area (Å²) in [6.07, 6.45) is 3.19. The van der Waals surface area contributed by atoms with Crippen LogP contribution in [-0.2, 0) is 21.4 Å². The van der Waals surface area contributed by atoms with Gasteiger partial charge in [-0.3, -0.25) is 14.1 Å². The van der Waals surface area contributed by atoms with E-state index >= 15 is 0 Å². The Labute approximate surface area is 169 Å². The van der Waals surface area contributed by atoms with E-state index in [1.54, 1.807) is 49.6 Å². The maximum absolute atomic E-state index is 14.5. The van der Waals surface area contributed by atoms with Gasteiger partial charge in [-0.15, -0.1) is 0 Å². The van der Waals surface area contributed by atoms with E-state index < -0.39 is 28.3 Å². The number of pyridine rings is 1. The fourth-order valence-corrected chi connectivity index (χ4v) is 4.16. The molecule has 1 amide bonds. The Balaban J connectivity index is 1.91. The molecule has 8 heteroatoms. The third kappa shape index (κ3) is 4.97. The second kappa shape index (κ2) is 8.83. The summed E-state index contributed by atoms with van der Waals surface area (Å²) in [6, 6.07) is 15.2. The minimum absolute atomic E-state index is 0.0251. The molecule has 1 heterocycles. The molecular weight excluding hydrogens is 393 g/mol. The molecule has 0 saturated heterocycles. The molecule has 2 aromatic carbocycles. The highest BCUT2D eigenvalue weighted by molar-refractivity contribution is 7.92. The average Bonchev–Trinajstić information content (AvgIpc) is 2.73. The minimum atomic E-state index is -4.15. The molecule has 6 nitrogen and oxygen atoms in total. The van der Waals surface area contributed by atoms with E-state index in [2.05, 4.69) is 10.3 Å². The number of hydrogen-bond donors (Lipinski definition) is 1. The van der Waals surface area contributed by atoms with E-state index in [1.807, 2.05) is 0 Å². The molecule has 0 aliphatic carbocycles. The molecular formula is C21H20FN3O3S. The van der Waals surface area contributed by atoms with Crippen molar-refractivity contribution < 1.29 is 17.6 Å². The molecule has 0 radical (unpaired) electrons. The number of rotatable bonds is 7. The lowest BCUT2D eigenvalue weighted by Crippen LogP contribution is -2.41. The number of aromatic nitrogens is 1. The summed E-state index contributed by atoms with van der Waals surface area (Å²) in [6.45, 7) is 1.37. The van der Waals surface area contributed by atoms with Gasteiger partial charge in [-0.05, 0) is 54.4 Å². The zero-order chi connectivity index (χ0) is 20.9. The van der Waals surface area contributed by atoms with Gasteiger partial charge in [0.05, 0.1) is 10.6 Å². The van der Waals surface area contributed by atoms with Crippen LogP contribution in [0.1, 0.15) is 11.1 Å². The SMILES string of the molecule is Cc1ccc(F)c(N(CC(=O)NCc2ccncc2)S(=O)(=O)c2ccccc2)c1. The Hall–Kier alpha value is -3.26. The van der Waals surface area contributed by atoms with Gasteiger partial charge in [0.25, 0.3) is 10.0 Å². The van der Waals surface area contributed by atoms with Gasteiger partial charge in [0.15, 0.2) is 0 Å². The maximum Gasteiger partial charge on any atom is 0.264 e. The first-order valence-electron chi connectivity index (χ1n) is 8.87. The normalized spacial score (nSPS) is 11.1. The Morgan fingerprint density at radius 2 is 1.76 bits per heavy atom.